The van der Waals surface area contributed by atoms with Gasteiger partial charge >= 0.3 is 0 Å². The number of aromatic nitrogens is 4. The molecular formula is C24H22N6O. The predicted octanol–water partition coefficient (Wildman–Crippen LogP) is 3.36. The van der Waals surface area contributed by atoms with Crippen LogP contribution in [0.4, 0.5) is 0 Å². The Balaban J connectivity index is 1.65. The molecule has 1 saturated heterocycles. The van der Waals surface area contributed by atoms with E-state index in [2.05, 4.69) is 11.9 Å². The van der Waals surface area contributed by atoms with Gasteiger partial charge in [-0.2, -0.15) is 0 Å². The second kappa shape index (κ2) is 6.99. The predicted molar refractivity (Wildman–Crippen MR) is 121 cm³/mol. The molecule has 0 atom stereocenters. The van der Waals surface area contributed by atoms with E-state index in [0.717, 1.165) is 53.6 Å². The highest BCUT2D eigenvalue weighted by Gasteiger charge is 2.25. The third-order valence-corrected chi connectivity index (χ3v) is 6.11. The molecule has 1 aliphatic rings. The Bertz CT molecular complexity index is 1470. The van der Waals surface area contributed by atoms with Crippen molar-refractivity contribution in [1.82, 2.24) is 29.2 Å². The maximum atomic E-state index is 13.6. The van der Waals surface area contributed by atoms with Crippen LogP contribution in [-0.2, 0) is 0 Å². The largest absolute Gasteiger partial charge is 0.336 e. The van der Waals surface area contributed by atoms with Crippen LogP contribution in [0.15, 0.2) is 54.6 Å². The number of para-hydroxylation sites is 3. The number of hydrogen-bond acceptors (Lipinski definition) is 5. The third-order valence-electron chi connectivity index (χ3n) is 6.11. The smallest absolute Gasteiger partial charge is 0.276 e. The number of carbonyl (C=O) groups excluding carboxylic acids is 1. The van der Waals surface area contributed by atoms with Crippen LogP contribution < -0.4 is 0 Å². The van der Waals surface area contributed by atoms with E-state index in [-0.39, 0.29) is 5.91 Å². The first kappa shape index (κ1) is 18.2. The Morgan fingerprint density at radius 2 is 1.58 bits per heavy atom. The molecule has 1 amide bonds. The Labute approximate surface area is 178 Å². The minimum Gasteiger partial charge on any atom is -0.336 e. The van der Waals surface area contributed by atoms with Gasteiger partial charge in [-0.1, -0.05) is 30.3 Å². The van der Waals surface area contributed by atoms with E-state index in [1.54, 1.807) is 0 Å². The van der Waals surface area contributed by atoms with Crippen LogP contribution in [-0.4, -0.2) is 68.3 Å². The second-order valence-corrected chi connectivity index (χ2v) is 8.19. The summed E-state index contributed by atoms with van der Waals surface area (Å²) < 4.78 is 1.99. The van der Waals surface area contributed by atoms with Crippen molar-refractivity contribution in [3.8, 4) is 0 Å². The Hall–Kier alpha value is -3.58. The van der Waals surface area contributed by atoms with Gasteiger partial charge in [-0.25, -0.2) is 15.0 Å². The maximum absolute atomic E-state index is 13.6. The number of imidazole rings is 1. The molecule has 0 spiro atoms. The summed E-state index contributed by atoms with van der Waals surface area (Å²) in [7, 11) is 2.10. The molecular weight excluding hydrogens is 388 g/mol. The summed E-state index contributed by atoms with van der Waals surface area (Å²) >= 11 is 0. The van der Waals surface area contributed by atoms with Crippen LogP contribution in [0.3, 0.4) is 0 Å². The van der Waals surface area contributed by atoms with Crippen molar-refractivity contribution in [2.75, 3.05) is 33.2 Å². The standard InChI is InChI=1S/C24H22N6O/c1-28-11-6-12-29(14-13-28)24(31)21-23-27-18-9-4-5-10-20(18)30(23)22-19(25-21)15-16-7-2-3-8-17(16)26-22/h2-5,7-10,15H,6,11-14H2,1H3. The van der Waals surface area contributed by atoms with E-state index in [1.807, 2.05) is 63.9 Å². The van der Waals surface area contributed by atoms with E-state index in [0.29, 0.717) is 23.4 Å². The summed E-state index contributed by atoms with van der Waals surface area (Å²) in [4.78, 5) is 32.3. The highest BCUT2D eigenvalue weighted by Crippen LogP contribution is 2.26. The van der Waals surface area contributed by atoms with E-state index in [9.17, 15) is 4.79 Å². The van der Waals surface area contributed by atoms with E-state index in [4.69, 9.17) is 15.0 Å². The summed E-state index contributed by atoms with van der Waals surface area (Å²) in [5.74, 6) is -0.0642. The Morgan fingerprint density at radius 1 is 0.806 bits per heavy atom. The average molecular weight is 410 g/mol. The molecule has 0 radical (unpaired) electrons. The minimum atomic E-state index is -0.0642. The van der Waals surface area contributed by atoms with Gasteiger partial charge in [0.05, 0.1) is 16.6 Å². The van der Waals surface area contributed by atoms with Gasteiger partial charge in [0.1, 0.15) is 5.52 Å². The Kier molecular flexibility index (Phi) is 4.11. The molecule has 0 N–H and O–H groups in total. The molecule has 0 bridgehead atoms. The third kappa shape index (κ3) is 2.92. The normalized spacial score (nSPS) is 15.8. The first-order chi connectivity index (χ1) is 15.2. The molecule has 3 aromatic heterocycles. The number of fused-ring (bicyclic) bond motifs is 6. The van der Waals surface area contributed by atoms with Crippen molar-refractivity contribution < 1.29 is 4.79 Å². The summed E-state index contributed by atoms with van der Waals surface area (Å²) in [6.07, 6.45) is 0.953. The monoisotopic (exact) mass is 410 g/mol. The van der Waals surface area contributed by atoms with E-state index in [1.165, 1.54) is 0 Å². The number of likely N-dealkylation sites (N-methyl/N-ethyl adjacent to an activating group) is 1. The molecule has 7 heteroatoms. The number of nitrogens with zero attached hydrogens (tertiary/aromatic N) is 6. The van der Waals surface area contributed by atoms with Crippen LogP contribution in [0.5, 0.6) is 0 Å². The van der Waals surface area contributed by atoms with Gasteiger partial charge in [-0.05, 0) is 44.3 Å². The fourth-order valence-electron chi connectivity index (χ4n) is 4.45. The number of carbonyl (C=O) groups is 1. The SMILES string of the molecule is CN1CCCN(C(=O)c2nc3cc4ccccc4nc3n3c2nc2ccccc23)CC1. The molecule has 5 aromatic rings. The van der Waals surface area contributed by atoms with E-state index < -0.39 is 0 Å². The van der Waals surface area contributed by atoms with Gasteiger partial charge in [0, 0.05) is 25.0 Å². The molecule has 6 rings (SSSR count). The molecule has 0 aliphatic carbocycles. The first-order valence-electron chi connectivity index (χ1n) is 10.6. The van der Waals surface area contributed by atoms with Crippen molar-refractivity contribution in [2.24, 2.45) is 0 Å². The highest BCUT2D eigenvalue weighted by atomic mass is 16.2. The lowest BCUT2D eigenvalue weighted by Crippen LogP contribution is -2.35. The summed E-state index contributed by atoms with van der Waals surface area (Å²) in [5, 5.41) is 1.00. The van der Waals surface area contributed by atoms with Gasteiger partial charge in [0.25, 0.3) is 5.91 Å². The lowest BCUT2D eigenvalue weighted by molar-refractivity contribution is 0.0759. The number of hydrogen-bond donors (Lipinski definition) is 0. The van der Waals surface area contributed by atoms with Gasteiger partial charge in [0.2, 0.25) is 0 Å². The molecule has 4 heterocycles. The maximum Gasteiger partial charge on any atom is 0.276 e. The van der Waals surface area contributed by atoms with Gasteiger partial charge in [-0.15, -0.1) is 0 Å². The van der Waals surface area contributed by atoms with Crippen LogP contribution >= 0.6 is 0 Å². The molecule has 2 aromatic carbocycles. The molecule has 1 fully saturated rings. The molecule has 154 valence electrons. The average Bonchev–Trinajstić information content (AvgIpc) is 3.05. The fraction of sp³-hybridized carbons (Fsp3) is 0.250. The van der Waals surface area contributed by atoms with Gasteiger partial charge in [-0.3, -0.25) is 9.20 Å². The number of amides is 1. The minimum absolute atomic E-state index is 0.0642. The Morgan fingerprint density at radius 3 is 2.48 bits per heavy atom. The van der Waals surface area contributed by atoms with Crippen molar-refractivity contribution in [2.45, 2.75) is 6.42 Å². The number of pyridine rings is 1. The molecule has 0 unspecified atom stereocenters. The highest BCUT2D eigenvalue weighted by molar-refractivity contribution is 6.03. The molecule has 1 aliphatic heterocycles. The molecule has 7 nitrogen and oxygen atoms in total. The van der Waals surface area contributed by atoms with Gasteiger partial charge in [0.15, 0.2) is 17.0 Å². The number of benzene rings is 2. The van der Waals surface area contributed by atoms with Crippen LogP contribution in [0, 0.1) is 0 Å². The zero-order valence-corrected chi connectivity index (χ0v) is 17.3. The summed E-state index contributed by atoms with van der Waals surface area (Å²) in [5.41, 5.74) is 5.03. The van der Waals surface area contributed by atoms with Crippen LogP contribution in [0.2, 0.25) is 0 Å². The lowest BCUT2D eigenvalue weighted by Gasteiger charge is -2.20. The summed E-state index contributed by atoms with van der Waals surface area (Å²) in [6, 6.07) is 17.9. The van der Waals surface area contributed by atoms with Crippen molar-refractivity contribution in [3.05, 3.63) is 60.3 Å². The van der Waals surface area contributed by atoms with Gasteiger partial charge < -0.3 is 9.80 Å². The first-order valence-corrected chi connectivity index (χ1v) is 10.6. The lowest BCUT2D eigenvalue weighted by atomic mass is 10.2. The molecule has 0 saturated carbocycles. The quantitative estimate of drug-likeness (QED) is 0.397. The van der Waals surface area contributed by atoms with Crippen molar-refractivity contribution >= 4 is 44.7 Å². The summed E-state index contributed by atoms with van der Waals surface area (Å²) in [6.45, 7) is 3.27. The number of rotatable bonds is 1. The second-order valence-electron chi connectivity index (χ2n) is 8.19. The fourth-order valence-corrected chi connectivity index (χ4v) is 4.45. The zero-order valence-electron chi connectivity index (χ0n) is 17.3. The van der Waals surface area contributed by atoms with Crippen LogP contribution in [0.25, 0.3) is 38.7 Å². The topological polar surface area (TPSA) is 66.6 Å². The van der Waals surface area contributed by atoms with Crippen molar-refractivity contribution in [1.29, 1.82) is 0 Å². The van der Waals surface area contributed by atoms with E-state index >= 15 is 0 Å². The van der Waals surface area contributed by atoms with Crippen molar-refractivity contribution in [3.63, 3.8) is 0 Å². The molecule has 31 heavy (non-hydrogen) atoms. The van der Waals surface area contributed by atoms with Crippen LogP contribution in [0.1, 0.15) is 16.9 Å². The zero-order chi connectivity index (χ0) is 20.9.